The molecule has 0 aromatic heterocycles. The monoisotopic (exact) mass is 704 g/mol. The molecular formula is C21H29AtN6O8. The van der Waals surface area contributed by atoms with Crippen LogP contribution < -0.4 is 30.7 Å². The van der Waals surface area contributed by atoms with E-state index in [1.54, 1.807) is 18.2 Å². The average Bonchev–Trinajstić information content (AvgIpc) is 2.79. The zero-order valence-corrected chi connectivity index (χ0v) is 22.1. The van der Waals surface area contributed by atoms with Gasteiger partial charge in [-0.25, -0.2) is 9.59 Å². The van der Waals surface area contributed by atoms with Gasteiger partial charge in [-0.1, -0.05) is 0 Å². The number of hydrogen-bond donors (Lipinski definition) is 8. The molecule has 0 aliphatic rings. The van der Waals surface area contributed by atoms with Gasteiger partial charge in [-0.2, -0.15) is 0 Å². The first-order valence-electron chi connectivity index (χ1n) is 10.8. The van der Waals surface area contributed by atoms with Crippen molar-refractivity contribution >= 4 is 39.1 Å². The van der Waals surface area contributed by atoms with Crippen LogP contribution in [0.3, 0.4) is 0 Å². The summed E-state index contributed by atoms with van der Waals surface area (Å²) in [5.41, 5.74) is 12.0. The molecule has 0 heterocycles. The van der Waals surface area contributed by atoms with Gasteiger partial charge in [-0.05, 0) is 6.42 Å². The number of aliphatic carboxylic acids is 3. The Bertz CT molecular complexity index is 999. The van der Waals surface area contributed by atoms with E-state index in [1.165, 1.54) is 24.7 Å². The van der Waals surface area contributed by atoms with Crippen molar-refractivity contribution in [3.05, 3.63) is 29.3 Å². The summed E-state index contributed by atoms with van der Waals surface area (Å²) in [7, 11) is 0. The molecule has 0 aliphatic carbocycles. The molecule has 15 heteroatoms. The summed E-state index contributed by atoms with van der Waals surface area (Å²) in [4.78, 5) is 61.5. The zero-order valence-electron chi connectivity index (χ0n) is 19.2. The SMILES string of the molecule is NC(N)=NCc1ccc(C(=O)NCCCC[C@H](NC(=O)N[C@@H](CCC(=O)O)C(=O)O)C(=O)O)cc1[211At]. The van der Waals surface area contributed by atoms with Crippen LogP contribution in [0.4, 0.5) is 4.79 Å². The van der Waals surface area contributed by atoms with Crippen molar-refractivity contribution in [3.63, 3.8) is 0 Å². The van der Waals surface area contributed by atoms with Gasteiger partial charge in [0.2, 0.25) is 0 Å². The van der Waals surface area contributed by atoms with Crippen molar-refractivity contribution in [1.29, 1.82) is 0 Å². The van der Waals surface area contributed by atoms with Crippen molar-refractivity contribution < 1.29 is 64.0 Å². The Morgan fingerprint density at radius 2 is 1.56 bits per heavy atom. The summed E-state index contributed by atoms with van der Waals surface area (Å²) in [5, 5.41) is 34.0. The van der Waals surface area contributed by atoms with Gasteiger partial charge in [0, 0.05) is 6.42 Å². The number of aliphatic imine (C=N–C) groups is 1. The summed E-state index contributed by atoms with van der Waals surface area (Å²) in [6.45, 7) is 0.583. The van der Waals surface area contributed by atoms with Crippen molar-refractivity contribution in [1.82, 2.24) is 16.0 Å². The number of nitrogens with two attached hydrogens (primary N) is 2. The number of carboxylic acids is 3. The first kappa shape index (κ1) is 30.6. The van der Waals surface area contributed by atoms with E-state index >= 15 is 0 Å². The van der Waals surface area contributed by atoms with Gasteiger partial charge in [-0.15, -0.1) is 0 Å². The Morgan fingerprint density at radius 1 is 0.944 bits per heavy atom. The number of guanidine groups is 1. The maximum absolute atomic E-state index is 12.4. The third-order valence-electron chi connectivity index (χ3n) is 4.81. The molecule has 1 rings (SSSR count). The molecule has 0 fully saturated rings. The van der Waals surface area contributed by atoms with Gasteiger partial charge in [0.05, 0.1) is 0 Å². The zero-order chi connectivity index (χ0) is 27.3. The second-order valence-electron chi connectivity index (χ2n) is 7.63. The standard InChI is InChI=1S/C21H29AtN6O8/c22-13-9-11(4-5-12(13)10-26-20(23)24)17(31)25-8-2-1-3-14(18(32)33)27-21(36)28-15(19(34)35)6-7-16(29)30/h4-5,9,14-15H,1-3,6-8,10H2,(H,25,31)(H,29,30)(H,32,33)(H,34,35)(H4,23,24,26)(H2,27,28,36)/t14-,15-/m0/s1/i22+1. The van der Waals surface area contributed by atoms with Crippen molar-refractivity contribution in [2.75, 3.05) is 6.54 Å². The number of carbonyl (C=O) groups excluding carboxylic acids is 2. The fourth-order valence-electron chi connectivity index (χ4n) is 2.91. The third-order valence-corrected chi connectivity index (χ3v) is 6.17. The number of amides is 3. The predicted octanol–water partition coefficient (Wildman–Crippen LogP) is -1.39. The molecule has 1 aromatic rings. The first-order valence-corrected chi connectivity index (χ1v) is 12.2. The van der Waals surface area contributed by atoms with Crippen LogP contribution >= 0.6 is 0 Å². The minimum absolute atomic E-state index is 0.0240. The van der Waals surface area contributed by atoms with E-state index in [0.29, 0.717) is 24.9 Å². The Kier molecular flexibility index (Phi) is 13.2. The summed E-state index contributed by atoms with van der Waals surface area (Å²) in [5.74, 6) is -4.30. The molecule has 10 N–H and O–H groups in total. The Labute approximate surface area is 221 Å². The molecule has 2 atom stereocenters. The van der Waals surface area contributed by atoms with E-state index in [1.807, 2.05) is 0 Å². The van der Waals surface area contributed by atoms with Crippen molar-refractivity contribution in [3.8, 4) is 0 Å². The van der Waals surface area contributed by atoms with E-state index in [0.717, 1.165) is 8.83 Å². The predicted molar refractivity (Wildman–Crippen MR) is 123 cm³/mol. The number of benzene rings is 1. The minimum atomic E-state index is -1.48. The summed E-state index contributed by atoms with van der Waals surface area (Å²) < 4.78 is 0.898. The molecule has 3 amide bonds. The van der Waals surface area contributed by atoms with Gasteiger partial charge in [0.1, 0.15) is 6.04 Å². The van der Waals surface area contributed by atoms with Crippen LogP contribution in [-0.4, -0.2) is 69.8 Å². The molecule has 0 saturated heterocycles. The van der Waals surface area contributed by atoms with E-state index in [9.17, 15) is 29.1 Å². The number of rotatable bonds is 15. The quantitative estimate of drug-likeness (QED) is 0.0603. The summed E-state index contributed by atoms with van der Waals surface area (Å²) in [6, 6.07) is 1.34. The summed E-state index contributed by atoms with van der Waals surface area (Å²) in [6.07, 6.45) is -0.0204. The molecule has 0 saturated carbocycles. The Hall–Kier alpha value is -3.48. The van der Waals surface area contributed by atoms with Crippen LogP contribution in [0.5, 0.6) is 0 Å². The van der Waals surface area contributed by atoms with Crippen LogP contribution in [0, 0.1) is 24.7 Å². The first-order chi connectivity index (χ1) is 16.9. The number of carbonyl (C=O) groups is 5. The molecule has 0 bridgehead atoms. The van der Waals surface area contributed by atoms with Gasteiger partial charge in [-0.3, -0.25) is 4.79 Å². The summed E-state index contributed by atoms with van der Waals surface area (Å²) >= 11 is 1.37. The van der Waals surface area contributed by atoms with Crippen LogP contribution in [-0.2, 0) is 20.9 Å². The fraction of sp³-hybridized carbons (Fsp3) is 0.429. The van der Waals surface area contributed by atoms with E-state index in [4.69, 9.17) is 21.7 Å². The normalized spacial score (nSPS) is 12.0. The van der Waals surface area contributed by atoms with E-state index in [-0.39, 0.29) is 31.3 Å². The van der Waals surface area contributed by atoms with Crippen molar-refractivity contribution in [2.24, 2.45) is 16.5 Å². The van der Waals surface area contributed by atoms with Crippen LogP contribution in [0.2, 0.25) is 0 Å². The molecule has 1 aromatic carbocycles. The number of nitrogens with zero attached hydrogens (tertiary/aromatic N) is 1. The Balaban J connectivity index is 2.48. The second-order valence-corrected chi connectivity index (χ2v) is 9.21. The Morgan fingerprint density at radius 3 is 2.08 bits per heavy atom. The molecule has 0 unspecified atom stereocenters. The molecule has 14 nitrogen and oxygen atoms in total. The number of hydrogen-bond acceptors (Lipinski definition) is 6. The van der Waals surface area contributed by atoms with Crippen LogP contribution in [0.25, 0.3) is 0 Å². The van der Waals surface area contributed by atoms with Gasteiger partial charge < -0.3 is 15.5 Å². The molecular weight excluding hydrogens is 675 g/mol. The molecule has 0 radical (unpaired) electrons. The number of carboxylic acid groups (broad SMARTS) is 3. The van der Waals surface area contributed by atoms with Gasteiger partial charge in [0.15, 0.2) is 0 Å². The van der Waals surface area contributed by atoms with Gasteiger partial charge >= 0.3 is 173 Å². The third kappa shape index (κ3) is 11.8. The fourth-order valence-corrected chi connectivity index (χ4v) is 3.85. The van der Waals surface area contributed by atoms with E-state index < -0.39 is 42.4 Å². The van der Waals surface area contributed by atoms with Gasteiger partial charge in [0.25, 0.3) is 0 Å². The van der Waals surface area contributed by atoms with Crippen molar-refractivity contribution in [2.45, 2.75) is 50.7 Å². The average molecular weight is 704 g/mol. The second kappa shape index (κ2) is 15.5. The maximum atomic E-state index is 12.4. The van der Waals surface area contributed by atoms with Crippen LogP contribution in [0.15, 0.2) is 23.2 Å². The number of urea groups is 1. The molecule has 36 heavy (non-hydrogen) atoms. The number of unbranched alkanes of at least 4 members (excludes halogenated alkanes) is 1. The molecule has 198 valence electrons. The molecule has 0 aliphatic heterocycles. The number of nitrogens with one attached hydrogen (secondary N) is 3. The topological polar surface area (TPSA) is 247 Å². The van der Waals surface area contributed by atoms with Crippen LogP contribution in [0.1, 0.15) is 48.0 Å². The van der Waals surface area contributed by atoms with E-state index in [2.05, 4.69) is 20.9 Å². The molecule has 0 spiro atoms.